The van der Waals surface area contributed by atoms with Crippen LogP contribution in [0.5, 0.6) is 11.5 Å². The molecule has 3 aromatic rings. The Morgan fingerprint density at radius 2 is 1.81 bits per heavy atom. The van der Waals surface area contributed by atoms with E-state index < -0.39 is 24.0 Å². The van der Waals surface area contributed by atoms with Crippen LogP contribution in [0, 0.1) is 6.92 Å². The average molecular weight is 438 g/mol. The Balaban J connectivity index is 1.57. The molecule has 0 atom stereocenters. The summed E-state index contributed by atoms with van der Waals surface area (Å²) in [5.74, 6) is 1.29. The lowest BCUT2D eigenvalue weighted by atomic mass is 9.78. The summed E-state index contributed by atoms with van der Waals surface area (Å²) in [5.41, 5.74) is 1.84. The topological polar surface area (TPSA) is 100 Å². The first-order valence-corrected chi connectivity index (χ1v) is 10.4. The van der Waals surface area contributed by atoms with E-state index in [0.29, 0.717) is 22.7 Å². The zero-order valence-electron chi connectivity index (χ0n) is 19.1. The molecule has 0 bridgehead atoms. The quantitative estimate of drug-likeness (QED) is 0.589. The van der Waals surface area contributed by atoms with Crippen LogP contribution in [0.25, 0.3) is 5.69 Å². The number of methoxy groups -OCH3 is 1. The number of H-pyrrole nitrogens is 1. The Kier molecular flexibility index (Phi) is 5.60. The van der Waals surface area contributed by atoms with Gasteiger partial charge in [-0.1, -0.05) is 18.2 Å². The monoisotopic (exact) mass is 438 g/mol. The highest BCUT2D eigenvalue weighted by Gasteiger charge is 2.51. The van der Waals surface area contributed by atoms with Crippen LogP contribution in [0.15, 0.2) is 41.2 Å². The number of tetrazole rings is 1. The molecule has 0 amide bonds. The molecule has 1 saturated heterocycles. The van der Waals surface area contributed by atoms with E-state index in [-0.39, 0.29) is 6.61 Å². The molecule has 0 radical (unpaired) electrons. The molecule has 1 N–H and O–H groups in total. The minimum absolute atomic E-state index is 0.176. The second kappa shape index (κ2) is 8.11. The summed E-state index contributed by atoms with van der Waals surface area (Å²) in [6.07, 6.45) is 0. The number of hydrogen-bond acceptors (Lipinski definition) is 7. The van der Waals surface area contributed by atoms with Crippen molar-refractivity contribution in [3.05, 3.63) is 58.0 Å². The van der Waals surface area contributed by atoms with E-state index in [9.17, 15) is 4.79 Å². The van der Waals surface area contributed by atoms with E-state index in [0.717, 1.165) is 11.0 Å². The molecule has 9 nitrogen and oxygen atoms in total. The lowest BCUT2D eigenvalue weighted by Crippen LogP contribution is -2.41. The van der Waals surface area contributed by atoms with Crippen LogP contribution in [0.3, 0.4) is 0 Å². The minimum Gasteiger partial charge on any atom is -0.496 e. The van der Waals surface area contributed by atoms with Gasteiger partial charge in [-0.2, -0.15) is 4.68 Å². The number of nitrogens with zero attached hydrogens (tertiary/aromatic N) is 3. The van der Waals surface area contributed by atoms with Crippen molar-refractivity contribution in [3.63, 3.8) is 0 Å². The van der Waals surface area contributed by atoms with Crippen LogP contribution in [0.1, 0.15) is 38.8 Å². The predicted octanol–water partition coefficient (Wildman–Crippen LogP) is 2.15. The summed E-state index contributed by atoms with van der Waals surface area (Å²) in [6.45, 7) is 10.3. The van der Waals surface area contributed by atoms with Gasteiger partial charge in [0.05, 0.1) is 29.6 Å². The SMILES string of the molecule is COc1cccc(-n2nn[nH]c2=O)c1COc1ccc(B2OC(C)(C)C(C)(C)O2)cc1C. The molecule has 1 aliphatic heterocycles. The van der Waals surface area contributed by atoms with Crippen molar-refractivity contribution in [3.8, 4) is 17.2 Å². The van der Waals surface area contributed by atoms with Gasteiger partial charge in [0.25, 0.3) is 0 Å². The maximum atomic E-state index is 12.0. The second-order valence-electron chi connectivity index (χ2n) is 8.78. The molecule has 32 heavy (non-hydrogen) atoms. The second-order valence-corrected chi connectivity index (χ2v) is 8.78. The van der Waals surface area contributed by atoms with Crippen molar-refractivity contribution in [2.24, 2.45) is 0 Å². The van der Waals surface area contributed by atoms with E-state index in [1.807, 2.05) is 58.9 Å². The lowest BCUT2D eigenvalue weighted by molar-refractivity contribution is 0.00578. The predicted molar refractivity (Wildman–Crippen MR) is 120 cm³/mol. The molecular formula is C22H27BN4O5. The highest BCUT2D eigenvalue weighted by atomic mass is 16.7. The number of aryl methyl sites for hydroxylation is 1. The highest BCUT2D eigenvalue weighted by Crippen LogP contribution is 2.36. The molecule has 168 valence electrons. The Morgan fingerprint density at radius 1 is 1.09 bits per heavy atom. The highest BCUT2D eigenvalue weighted by molar-refractivity contribution is 6.62. The fraction of sp³-hybridized carbons (Fsp3) is 0.409. The number of benzene rings is 2. The van der Waals surface area contributed by atoms with Crippen molar-refractivity contribution in [1.82, 2.24) is 20.2 Å². The van der Waals surface area contributed by atoms with Gasteiger partial charge in [-0.25, -0.2) is 9.89 Å². The number of hydrogen-bond donors (Lipinski definition) is 1. The summed E-state index contributed by atoms with van der Waals surface area (Å²) in [6, 6.07) is 11.2. The molecule has 10 heteroatoms. The summed E-state index contributed by atoms with van der Waals surface area (Å²) >= 11 is 0. The number of aromatic nitrogens is 4. The summed E-state index contributed by atoms with van der Waals surface area (Å²) in [4.78, 5) is 12.0. The first-order chi connectivity index (χ1) is 15.1. The molecule has 0 saturated carbocycles. The molecule has 0 spiro atoms. The summed E-state index contributed by atoms with van der Waals surface area (Å²) in [5, 5.41) is 9.70. The van der Waals surface area contributed by atoms with Crippen LogP contribution < -0.4 is 20.6 Å². The smallest absolute Gasteiger partial charge is 0.494 e. The molecule has 0 unspecified atom stereocenters. The van der Waals surface area contributed by atoms with Crippen LogP contribution in [-0.2, 0) is 15.9 Å². The van der Waals surface area contributed by atoms with Crippen molar-refractivity contribution >= 4 is 12.6 Å². The molecule has 0 aliphatic carbocycles. The molecule has 1 aromatic heterocycles. The van der Waals surface area contributed by atoms with Crippen molar-refractivity contribution in [1.29, 1.82) is 0 Å². The van der Waals surface area contributed by atoms with Gasteiger partial charge in [0.15, 0.2) is 0 Å². The Morgan fingerprint density at radius 3 is 2.41 bits per heavy atom. The molecule has 2 aromatic carbocycles. The fourth-order valence-corrected chi connectivity index (χ4v) is 3.55. The van der Waals surface area contributed by atoms with Gasteiger partial charge < -0.3 is 18.8 Å². The number of ether oxygens (including phenoxy) is 2. The summed E-state index contributed by atoms with van der Waals surface area (Å²) < 4.78 is 25.1. The normalized spacial score (nSPS) is 16.9. The van der Waals surface area contributed by atoms with Crippen LogP contribution in [0.2, 0.25) is 0 Å². The maximum Gasteiger partial charge on any atom is 0.494 e. The van der Waals surface area contributed by atoms with Gasteiger partial charge in [0, 0.05) is 0 Å². The largest absolute Gasteiger partial charge is 0.496 e. The molecule has 4 rings (SSSR count). The van der Waals surface area contributed by atoms with Gasteiger partial charge in [-0.15, -0.1) is 0 Å². The van der Waals surface area contributed by atoms with E-state index in [1.54, 1.807) is 19.2 Å². The number of nitrogens with one attached hydrogen (secondary N) is 1. The molecule has 1 aliphatic rings. The standard InChI is InChI=1S/C22H27BN4O5/c1-14-12-15(23-31-21(2,3)22(4,5)32-23)10-11-18(14)30-13-16-17(8-7-9-19(16)29-6)27-20(28)24-25-26-27/h7-12H,13H2,1-6H3,(H,24,26,28). The Labute approximate surface area is 186 Å². The number of aromatic amines is 1. The summed E-state index contributed by atoms with van der Waals surface area (Å²) in [7, 11) is 1.13. The van der Waals surface area contributed by atoms with E-state index in [4.69, 9.17) is 18.8 Å². The van der Waals surface area contributed by atoms with Gasteiger partial charge in [-0.3, -0.25) is 0 Å². The molecule has 2 heterocycles. The minimum atomic E-state index is -0.442. The van der Waals surface area contributed by atoms with Gasteiger partial charge in [-0.05, 0) is 74.3 Å². The lowest BCUT2D eigenvalue weighted by Gasteiger charge is -2.32. The van der Waals surface area contributed by atoms with Gasteiger partial charge >= 0.3 is 12.8 Å². The third-order valence-electron chi connectivity index (χ3n) is 6.13. The third kappa shape index (κ3) is 3.91. The van der Waals surface area contributed by atoms with Crippen molar-refractivity contribution < 1.29 is 18.8 Å². The van der Waals surface area contributed by atoms with Gasteiger partial charge in [0.1, 0.15) is 18.1 Å². The number of rotatable bonds is 6. The van der Waals surface area contributed by atoms with E-state index in [2.05, 4.69) is 15.5 Å². The average Bonchev–Trinajstić information content (AvgIpc) is 3.26. The first kappa shape index (κ1) is 22.1. The molecule has 1 fully saturated rings. The molecular weight excluding hydrogens is 411 g/mol. The fourth-order valence-electron chi connectivity index (χ4n) is 3.55. The third-order valence-corrected chi connectivity index (χ3v) is 6.13. The van der Waals surface area contributed by atoms with E-state index in [1.165, 1.54) is 4.68 Å². The van der Waals surface area contributed by atoms with E-state index >= 15 is 0 Å². The Bertz CT molecular complexity index is 1170. The zero-order valence-corrected chi connectivity index (χ0v) is 19.1. The Hall–Kier alpha value is -3.11. The van der Waals surface area contributed by atoms with Crippen molar-refractivity contribution in [2.45, 2.75) is 52.4 Å². The van der Waals surface area contributed by atoms with Crippen LogP contribution >= 0.6 is 0 Å². The maximum absolute atomic E-state index is 12.0. The zero-order chi connectivity index (χ0) is 23.1. The first-order valence-electron chi connectivity index (χ1n) is 10.4. The van der Waals surface area contributed by atoms with Gasteiger partial charge in [0.2, 0.25) is 0 Å². The van der Waals surface area contributed by atoms with Crippen LogP contribution in [0.4, 0.5) is 0 Å². The van der Waals surface area contributed by atoms with Crippen molar-refractivity contribution in [2.75, 3.05) is 7.11 Å². The van der Waals surface area contributed by atoms with Crippen LogP contribution in [-0.4, -0.2) is 45.6 Å².